The van der Waals surface area contributed by atoms with Gasteiger partial charge in [-0.05, 0) is 35.7 Å². The van der Waals surface area contributed by atoms with Crippen molar-refractivity contribution in [2.24, 2.45) is 0 Å². The van der Waals surface area contributed by atoms with E-state index in [0.717, 1.165) is 11.6 Å². The molecule has 0 spiro atoms. The van der Waals surface area contributed by atoms with E-state index in [4.69, 9.17) is 0 Å². The monoisotopic (exact) mass is 314 g/mol. The fraction of sp³-hybridized carbons (Fsp3) is 0.143. The molecule has 0 aliphatic rings. The molecule has 0 aliphatic carbocycles. The normalized spacial score (nSPS) is 12.4. The zero-order valence-electron chi connectivity index (χ0n) is 9.34. The van der Waals surface area contributed by atoms with Gasteiger partial charge in [0.25, 0.3) is 0 Å². The van der Waals surface area contributed by atoms with Crippen molar-refractivity contribution in [3.63, 3.8) is 0 Å². The molecule has 1 unspecified atom stereocenters. The predicted molar refractivity (Wildman–Crippen MR) is 68.1 cm³/mol. The summed E-state index contributed by atoms with van der Waals surface area (Å²) in [7, 11) is 0. The molecule has 2 aromatic carbocycles. The molecule has 0 radical (unpaired) electrons. The smallest absolute Gasteiger partial charge is 0.162 e. The van der Waals surface area contributed by atoms with Crippen LogP contribution in [0.1, 0.15) is 16.0 Å². The van der Waals surface area contributed by atoms with E-state index in [2.05, 4.69) is 15.9 Å². The summed E-state index contributed by atoms with van der Waals surface area (Å²) in [6.45, 7) is 0. The van der Waals surface area contributed by atoms with Gasteiger partial charge in [0.05, 0.1) is 0 Å². The summed E-state index contributed by atoms with van der Waals surface area (Å²) in [6.07, 6.45) is 0.301. The van der Waals surface area contributed by atoms with Crippen LogP contribution in [0.15, 0.2) is 42.5 Å². The summed E-state index contributed by atoms with van der Waals surface area (Å²) < 4.78 is 39.3. The molecule has 0 aromatic heterocycles. The third kappa shape index (κ3) is 2.93. The molecule has 0 saturated heterocycles. The van der Waals surface area contributed by atoms with E-state index < -0.39 is 11.6 Å². The Morgan fingerprint density at radius 2 is 1.61 bits per heavy atom. The SMILES string of the molecule is Fc1ccc(C(Br)Cc2cccc(F)c2F)cc1. The average Bonchev–Trinajstić information content (AvgIpc) is 2.36. The largest absolute Gasteiger partial charge is 0.207 e. The van der Waals surface area contributed by atoms with Crippen LogP contribution in [0, 0.1) is 17.5 Å². The molecule has 18 heavy (non-hydrogen) atoms. The highest BCUT2D eigenvalue weighted by Crippen LogP contribution is 2.28. The maximum Gasteiger partial charge on any atom is 0.162 e. The van der Waals surface area contributed by atoms with Crippen LogP contribution in [-0.2, 0) is 6.42 Å². The second-order valence-corrected chi connectivity index (χ2v) is 5.04. The Bertz CT molecular complexity index is 537. The van der Waals surface area contributed by atoms with Gasteiger partial charge in [0.1, 0.15) is 5.82 Å². The minimum Gasteiger partial charge on any atom is -0.207 e. The Morgan fingerprint density at radius 1 is 0.944 bits per heavy atom. The van der Waals surface area contributed by atoms with E-state index in [1.54, 1.807) is 12.1 Å². The van der Waals surface area contributed by atoms with Crippen LogP contribution < -0.4 is 0 Å². The molecule has 2 aromatic rings. The van der Waals surface area contributed by atoms with E-state index in [-0.39, 0.29) is 10.6 Å². The van der Waals surface area contributed by atoms with Crippen LogP contribution in [0.3, 0.4) is 0 Å². The maximum absolute atomic E-state index is 13.5. The molecule has 2 rings (SSSR count). The van der Waals surface area contributed by atoms with Gasteiger partial charge in [-0.3, -0.25) is 0 Å². The van der Waals surface area contributed by atoms with Crippen LogP contribution in [0.2, 0.25) is 0 Å². The first kappa shape index (κ1) is 13.1. The number of alkyl halides is 1. The minimum absolute atomic E-state index is 0.186. The lowest BCUT2D eigenvalue weighted by Crippen LogP contribution is -2.00. The van der Waals surface area contributed by atoms with Crippen molar-refractivity contribution in [3.8, 4) is 0 Å². The van der Waals surface area contributed by atoms with Crippen molar-refractivity contribution in [2.75, 3.05) is 0 Å². The summed E-state index contributed by atoms with van der Waals surface area (Å²) in [5, 5.41) is 0. The van der Waals surface area contributed by atoms with Gasteiger partial charge in [-0.1, -0.05) is 40.2 Å². The van der Waals surface area contributed by atoms with E-state index >= 15 is 0 Å². The molecule has 0 fully saturated rings. The molecule has 4 heteroatoms. The van der Waals surface area contributed by atoms with Crippen molar-refractivity contribution in [1.82, 2.24) is 0 Å². The standard InChI is InChI=1S/C14H10BrF3/c15-12(9-4-6-11(16)7-5-9)8-10-2-1-3-13(17)14(10)18/h1-7,12H,8H2. The lowest BCUT2D eigenvalue weighted by Gasteiger charge is -2.11. The van der Waals surface area contributed by atoms with Gasteiger partial charge in [0.15, 0.2) is 11.6 Å². The Morgan fingerprint density at radius 3 is 2.28 bits per heavy atom. The lowest BCUT2D eigenvalue weighted by atomic mass is 10.0. The molecule has 0 saturated carbocycles. The van der Waals surface area contributed by atoms with Crippen LogP contribution >= 0.6 is 15.9 Å². The molecule has 0 aliphatic heterocycles. The molecule has 0 bridgehead atoms. The van der Waals surface area contributed by atoms with Crippen molar-refractivity contribution in [3.05, 3.63) is 71.0 Å². The van der Waals surface area contributed by atoms with Gasteiger partial charge in [-0.15, -0.1) is 0 Å². The maximum atomic E-state index is 13.5. The molecule has 0 N–H and O–H groups in total. The van der Waals surface area contributed by atoms with Crippen LogP contribution in [-0.4, -0.2) is 0 Å². The zero-order valence-corrected chi connectivity index (χ0v) is 10.9. The summed E-state index contributed by atoms with van der Waals surface area (Å²) in [6, 6.07) is 10.0. The summed E-state index contributed by atoms with van der Waals surface area (Å²) in [5.41, 5.74) is 1.11. The van der Waals surface area contributed by atoms with Gasteiger partial charge in [-0.2, -0.15) is 0 Å². The molecule has 0 heterocycles. The third-order valence-electron chi connectivity index (χ3n) is 2.66. The van der Waals surface area contributed by atoms with E-state index in [0.29, 0.717) is 12.0 Å². The summed E-state index contributed by atoms with van der Waals surface area (Å²) in [4.78, 5) is -0.186. The quantitative estimate of drug-likeness (QED) is 0.715. The van der Waals surface area contributed by atoms with Gasteiger partial charge in [-0.25, -0.2) is 13.2 Å². The van der Waals surface area contributed by atoms with Crippen molar-refractivity contribution in [1.29, 1.82) is 0 Å². The molecule has 0 amide bonds. The Kier molecular flexibility index (Phi) is 4.07. The first-order valence-electron chi connectivity index (χ1n) is 5.40. The van der Waals surface area contributed by atoms with Crippen molar-refractivity contribution in [2.45, 2.75) is 11.2 Å². The van der Waals surface area contributed by atoms with Gasteiger partial charge >= 0.3 is 0 Å². The van der Waals surface area contributed by atoms with Gasteiger partial charge in [0, 0.05) is 4.83 Å². The zero-order chi connectivity index (χ0) is 13.1. The number of halogens is 4. The number of hydrogen-bond donors (Lipinski definition) is 0. The van der Waals surface area contributed by atoms with Crippen LogP contribution in [0.4, 0.5) is 13.2 Å². The topological polar surface area (TPSA) is 0 Å². The van der Waals surface area contributed by atoms with E-state index in [9.17, 15) is 13.2 Å². The predicted octanol–water partition coefficient (Wildman–Crippen LogP) is 4.78. The first-order valence-corrected chi connectivity index (χ1v) is 6.32. The number of hydrogen-bond acceptors (Lipinski definition) is 0. The van der Waals surface area contributed by atoms with Crippen LogP contribution in [0.5, 0.6) is 0 Å². The molecular weight excluding hydrogens is 305 g/mol. The van der Waals surface area contributed by atoms with E-state index in [1.165, 1.54) is 24.3 Å². The molecule has 0 nitrogen and oxygen atoms in total. The fourth-order valence-corrected chi connectivity index (χ4v) is 2.34. The number of benzene rings is 2. The molecular formula is C14H10BrF3. The van der Waals surface area contributed by atoms with Crippen molar-refractivity contribution >= 4 is 15.9 Å². The highest BCUT2D eigenvalue weighted by Gasteiger charge is 2.13. The second kappa shape index (κ2) is 5.57. The van der Waals surface area contributed by atoms with Crippen molar-refractivity contribution < 1.29 is 13.2 Å². The second-order valence-electron chi connectivity index (χ2n) is 3.94. The summed E-state index contributed by atoms with van der Waals surface area (Å²) >= 11 is 3.39. The third-order valence-corrected chi connectivity index (χ3v) is 3.51. The fourth-order valence-electron chi connectivity index (χ4n) is 1.69. The first-order chi connectivity index (χ1) is 8.58. The summed E-state index contributed by atoms with van der Waals surface area (Å²) in [5.74, 6) is -2.01. The van der Waals surface area contributed by atoms with Gasteiger partial charge in [0.2, 0.25) is 0 Å². The Balaban J connectivity index is 2.18. The molecule has 94 valence electrons. The Labute approximate surface area is 112 Å². The van der Waals surface area contributed by atoms with E-state index in [1.807, 2.05) is 0 Å². The van der Waals surface area contributed by atoms with Crippen LogP contribution in [0.25, 0.3) is 0 Å². The van der Waals surface area contributed by atoms with Gasteiger partial charge < -0.3 is 0 Å². The number of rotatable bonds is 3. The highest BCUT2D eigenvalue weighted by atomic mass is 79.9. The highest BCUT2D eigenvalue weighted by molar-refractivity contribution is 9.09. The Hall–Kier alpha value is -1.29. The minimum atomic E-state index is -0.855. The molecule has 1 atom stereocenters. The lowest BCUT2D eigenvalue weighted by molar-refractivity contribution is 0.498. The average molecular weight is 315 g/mol.